The quantitative estimate of drug-likeness (QED) is 0.788. The lowest BCUT2D eigenvalue weighted by Crippen LogP contribution is -2.27. The number of anilines is 1. The van der Waals surface area contributed by atoms with Gasteiger partial charge in [0.15, 0.2) is 9.86 Å². The van der Waals surface area contributed by atoms with Crippen molar-refractivity contribution in [2.45, 2.75) is 25.7 Å². The molecule has 0 atom stereocenters. The zero-order valence-electron chi connectivity index (χ0n) is 12.8. The van der Waals surface area contributed by atoms with Gasteiger partial charge in [-0.05, 0) is 31.9 Å². The number of nitrogens with zero attached hydrogens (tertiary/aromatic N) is 2. The van der Waals surface area contributed by atoms with E-state index in [9.17, 15) is 13.2 Å². The lowest BCUT2D eigenvalue weighted by Gasteiger charge is -2.13. The first-order valence-corrected chi connectivity index (χ1v) is 9.23. The maximum absolute atomic E-state index is 12.8. The fourth-order valence-corrected chi connectivity index (χ4v) is 4.64. The van der Waals surface area contributed by atoms with Gasteiger partial charge in [0.1, 0.15) is 0 Å². The number of aromatic nitrogens is 2. The minimum Gasteiger partial charge on any atom is -0.279 e. The first-order chi connectivity index (χ1) is 10.8. The van der Waals surface area contributed by atoms with Gasteiger partial charge in [-0.2, -0.15) is 0 Å². The van der Waals surface area contributed by atoms with Crippen molar-refractivity contribution in [2.24, 2.45) is 0 Å². The van der Waals surface area contributed by atoms with E-state index < -0.39 is 15.6 Å². The van der Waals surface area contributed by atoms with Crippen LogP contribution in [0.1, 0.15) is 16.8 Å². The molecule has 0 unspecified atom stereocenters. The Balaban J connectivity index is 2.19. The fourth-order valence-electron chi connectivity index (χ4n) is 2.44. The number of nitrogens with one attached hydrogen (secondary N) is 1. The molecule has 6 nitrogen and oxygen atoms in total. The third-order valence-electron chi connectivity index (χ3n) is 3.58. The van der Waals surface area contributed by atoms with Crippen LogP contribution in [-0.4, -0.2) is 17.8 Å². The van der Waals surface area contributed by atoms with E-state index >= 15 is 0 Å². The van der Waals surface area contributed by atoms with Gasteiger partial charge >= 0.3 is 0 Å². The molecule has 1 N–H and O–H groups in total. The number of rotatable bonds is 3. The van der Waals surface area contributed by atoms with E-state index in [1.54, 1.807) is 5.38 Å². The van der Waals surface area contributed by atoms with Crippen LogP contribution in [0.4, 0.5) is 5.69 Å². The van der Waals surface area contributed by atoms with Gasteiger partial charge in [0.2, 0.25) is 0 Å². The highest BCUT2D eigenvalue weighted by Gasteiger charge is 2.25. The molecule has 3 rings (SSSR count). The average Bonchev–Trinajstić information content (AvgIpc) is 2.91. The minimum atomic E-state index is -4.03. The maximum Gasteiger partial charge on any atom is 0.279 e. The van der Waals surface area contributed by atoms with Crippen LogP contribution in [0.25, 0.3) is 4.96 Å². The third kappa shape index (κ3) is 2.64. The van der Waals surface area contributed by atoms with E-state index in [4.69, 9.17) is 0 Å². The summed E-state index contributed by atoms with van der Waals surface area (Å²) in [4.78, 5) is 16.9. The minimum absolute atomic E-state index is 0.191. The molecule has 0 bridgehead atoms. The summed E-state index contributed by atoms with van der Waals surface area (Å²) in [6, 6.07) is 5.47. The number of benzene rings is 1. The average molecular weight is 349 g/mol. The second-order valence-corrected chi connectivity index (χ2v) is 7.75. The Kier molecular flexibility index (Phi) is 3.73. The number of hydrogen-bond donors (Lipinski definition) is 1. The van der Waals surface area contributed by atoms with E-state index in [2.05, 4.69) is 9.71 Å². The van der Waals surface area contributed by atoms with Crippen LogP contribution in [0.2, 0.25) is 0 Å². The van der Waals surface area contributed by atoms with E-state index in [1.807, 2.05) is 32.0 Å². The smallest absolute Gasteiger partial charge is 0.279 e. The second kappa shape index (κ2) is 5.47. The van der Waals surface area contributed by atoms with Gasteiger partial charge < -0.3 is 0 Å². The van der Waals surface area contributed by atoms with Crippen LogP contribution < -0.4 is 10.3 Å². The van der Waals surface area contributed by atoms with Gasteiger partial charge in [0.25, 0.3) is 15.6 Å². The highest BCUT2D eigenvalue weighted by molar-refractivity contribution is 7.92. The Morgan fingerprint density at radius 1 is 1.17 bits per heavy atom. The van der Waals surface area contributed by atoms with Crippen LogP contribution in [-0.2, 0) is 10.0 Å². The molecule has 0 fully saturated rings. The summed E-state index contributed by atoms with van der Waals surface area (Å²) in [5, 5.41) is 1.69. The standard InChI is InChI=1S/C15H15N3O3S2/c1-9-5-4-6-10(2)12(9)17-23(20,21)13-11(3)16-15-18(14(13)19)7-8-22-15/h4-8,17H,1-3H3. The zero-order chi connectivity index (χ0) is 16.8. The molecule has 3 aromatic rings. The molecule has 120 valence electrons. The van der Waals surface area contributed by atoms with Crippen molar-refractivity contribution >= 4 is 32.0 Å². The monoisotopic (exact) mass is 349 g/mol. The topological polar surface area (TPSA) is 80.5 Å². The van der Waals surface area contributed by atoms with Crippen molar-refractivity contribution in [3.63, 3.8) is 0 Å². The second-order valence-electron chi connectivity index (χ2n) is 5.26. The van der Waals surface area contributed by atoms with Crippen LogP contribution in [0.5, 0.6) is 0 Å². The van der Waals surface area contributed by atoms with Gasteiger partial charge in [-0.1, -0.05) is 18.2 Å². The Labute approximate surface area is 137 Å². The van der Waals surface area contributed by atoms with Crippen LogP contribution in [0, 0.1) is 20.8 Å². The van der Waals surface area contributed by atoms with E-state index in [0.29, 0.717) is 10.6 Å². The van der Waals surface area contributed by atoms with Crippen molar-refractivity contribution < 1.29 is 8.42 Å². The molecule has 0 saturated carbocycles. The summed E-state index contributed by atoms with van der Waals surface area (Å²) < 4.78 is 29.3. The first kappa shape index (κ1) is 15.7. The van der Waals surface area contributed by atoms with Gasteiger partial charge in [0, 0.05) is 11.6 Å². The van der Waals surface area contributed by atoms with Crippen molar-refractivity contribution in [3.8, 4) is 0 Å². The lowest BCUT2D eigenvalue weighted by molar-refractivity contribution is 0.598. The highest BCUT2D eigenvalue weighted by Crippen LogP contribution is 2.23. The number of fused-ring (bicyclic) bond motifs is 1. The van der Waals surface area contributed by atoms with E-state index in [0.717, 1.165) is 11.1 Å². The van der Waals surface area contributed by atoms with Crippen molar-refractivity contribution in [2.75, 3.05) is 4.72 Å². The summed E-state index contributed by atoms with van der Waals surface area (Å²) in [5.74, 6) is 0. The molecule has 0 radical (unpaired) electrons. The van der Waals surface area contributed by atoms with E-state index in [-0.39, 0.29) is 10.6 Å². The van der Waals surface area contributed by atoms with Gasteiger partial charge in [-0.15, -0.1) is 11.3 Å². The molecule has 0 saturated heterocycles. The molecule has 0 aliphatic carbocycles. The molecule has 0 aliphatic rings. The normalized spacial score (nSPS) is 11.8. The molecular formula is C15H15N3O3S2. The van der Waals surface area contributed by atoms with Gasteiger partial charge in [-0.25, -0.2) is 13.4 Å². The lowest BCUT2D eigenvalue weighted by atomic mass is 10.1. The van der Waals surface area contributed by atoms with Gasteiger partial charge in [-0.3, -0.25) is 13.9 Å². The SMILES string of the molecule is Cc1cccc(C)c1NS(=O)(=O)c1c(C)nc2sccn2c1=O. The Morgan fingerprint density at radius 2 is 1.83 bits per heavy atom. The first-order valence-electron chi connectivity index (χ1n) is 6.87. The molecule has 2 aromatic heterocycles. The maximum atomic E-state index is 12.8. The van der Waals surface area contributed by atoms with Crippen molar-refractivity contribution in [1.82, 2.24) is 9.38 Å². The molecule has 1 aromatic carbocycles. The zero-order valence-corrected chi connectivity index (χ0v) is 14.5. The fraction of sp³-hybridized carbons (Fsp3) is 0.200. The number of thiazole rings is 1. The summed E-state index contributed by atoms with van der Waals surface area (Å²) in [5.41, 5.74) is 1.66. The predicted molar refractivity (Wildman–Crippen MR) is 90.8 cm³/mol. The molecule has 8 heteroatoms. The molecule has 2 heterocycles. The summed E-state index contributed by atoms with van der Waals surface area (Å²) in [6.45, 7) is 5.15. The molecule has 23 heavy (non-hydrogen) atoms. The number of aryl methyl sites for hydroxylation is 3. The number of sulfonamides is 1. The summed E-state index contributed by atoms with van der Waals surface area (Å²) >= 11 is 1.28. The Bertz CT molecular complexity index is 1050. The number of hydrogen-bond acceptors (Lipinski definition) is 5. The van der Waals surface area contributed by atoms with Crippen LogP contribution in [0.3, 0.4) is 0 Å². The molecule has 0 amide bonds. The summed E-state index contributed by atoms with van der Waals surface area (Å²) in [7, 11) is -4.03. The Hall–Kier alpha value is -2.19. The third-order valence-corrected chi connectivity index (χ3v) is 5.82. The van der Waals surface area contributed by atoms with Crippen LogP contribution >= 0.6 is 11.3 Å². The largest absolute Gasteiger partial charge is 0.279 e. The molecular weight excluding hydrogens is 334 g/mol. The predicted octanol–water partition coefficient (Wildman–Crippen LogP) is 2.48. The highest BCUT2D eigenvalue weighted by atomic mass is 32.2. The Morgan fingerprint density at radius 3 is 2.48 bits per heavy atom. The van der Waals surface area contributed by atoms with E-state index in [1.165, 1.54) is 28.9 Å². The number of para-hydroxylation sites is 1. The van der Waals surface area contributed by atoms with Gasteiger partial charge in [0.05, 0.1) is 11.4 Å². The molecule has 0 spiro atoms. The van der Waals surface area contributed by atoms with Crippen LogP contribution in [0.15, 0.2) is 39.5 Å². The molecule has 0 aliphatic heterocycles. The van der Waals surface area contributed by atoms with Crippen molar-refractivity contribution in [3.05, 3.63) is 57.0 Å². The summed E-state index contributed by atoms with van der Waals surface area (Å²) in [6.07, 6.45) is 1.52. The van der Waals surface area contributed by atoms with Crippen molar-refractivity contribution in [1.29, 1.82) is 0 Å².